The summed E-state index contributed by atoms with van der Waals surface area (Å²) in [5.41, 5.74) is -0.0614. The molecule has 5 nitrogen and oxygen atoms in total. The molecule has 0 unspecified atom stereocenters. The lowest BCUT2D eigenvalue weighted by Crippen LogP contribution is -2.79. The number of fused-ring (bicyclic) bond motifs is 2. The SMILES string of the molecule is O=C1N[C@]23OCCC[C@@H]2C[C@H]1N(Cc1ccccc1)C3=O. The summed E-state index contributed by atoms with van der Waals surface area (Å²) in [5, 5.41) is 2.84. The van der Waals surface area contributed by atoms with Gasteiger partial charge in [-0.15, -0.1) is 0 Å². The third-order valence-electron chi connectivity index (χ3n) is 4.87. The lowest BCUT2D eigenvalue weighted by Gasteiger charge is -2.56. The molecule has 2 bridgehead atoms. The van der Waals surface area contributed by atoms with Crippen molar-refractivity contribution < 1.29 is 14.3 Å². The number of amides is 2. The predicted molar refractivity (Wildman–Crippen MR) is 74.9 cm³/mol. The van der Waals surface area contributed by atoms with E-state index in [0.29, 0.717) is 19.6 Å². The molecule has 0 aromatic heterocycles. The van der Waals surface area contributed by atoms with Crippen molar-refractivity contribution >= 4 is 11.8 Å². The third kappa shape index (κ3) is 1.80. The summed E-state index contributed by atoms with van der Waals surface area (Å²) >= 11 is 0. The van der Waals surface area contributed by atoms with Gasteiger partial charge in [0.1, 0.15) is 6.04 Å². The Morgan fingerprint density at radius 3 is 2.90 bits per heavy atom. The molecule has 1 aromatic carbocycles. The third-order valence-corrected chi connectivity index (χ3v) is 4.87. The van der Waals surface area contributed by atoms with E-state index >= 15 is 0 Å². The lowest BCUT2D eigenvalue weighted by molar-refractivity contribution is -0.217. The van der Waals surface area contributed by atoms with Crippen LogP contribution in [0, 0.1) is 5.92 Å². The van der Waals surface area contributed by atoms with E-state index in [1.165, 1.54) is 0 Å². The fourth-order valence-corrected chi connectivity index (χ4v) is 3.82. The summed E-state index contributed by atoms with van der Waals surface area (Å²) in [6.07, 6.45) is 2.62. The number of benzene rings is 1. The summed E-state index contributed by atoms with van der Waals surface area (Å²) in [4.78, 5) is 26.8. The number of carbonyl (C=O) groups is 2. The Balaban J connectivity index is 1.67. The Bertz CT molecular complexity index is 588. The average molecular weight is 286 g/mol. The smallest absolute Gasteiger partial charge is 0.277 e. The van der Waals surface area contributed by atoms with Crippen LogP contribution in [0.4, 0.5) is 0 Å². The topological polar surface area (TPSA) is 58.6 Å². The van der Waals surface area contributed by atoms with E-state index in [9.17, 15) is 9.59 Å². The second-order valence-corrected chi connectivity index (χ2v) is 6.08. The fourth-order valence-electron chi connectivity index (χ4n) is 3.82. The largest absolute Gasteiger partial charge is 0.347 e. The summed E-state index contributed by atoms with van der Waals surface area (Å²) < 4.78 is 5.78. The molecule has 5 rings (SSSR count). The van der Waals surface area contributed by atoms with Gasteiger partial charge in [-0.25, -0.2) is 0 Å². The number of hydrogen-bond donors (Lipinski definition) is 1. The number of ether oxygens (including phenoxy) is 1. The zero-order valence-corrected chi connectivity index (χ0v) is 11.7. The van der Waals surface area contributed by atoms with Crippen LogP contribution in [0.3, 0.4) is 0 Å². The van der Waals surface area contributed by atoms with Crippen molar-refractivity contribution in [1.29, 1.82) is 0 Å². The van der Waals surface area contributed by atoms with Crippen molar-refractivity contribution in [2.45, 2.75) is 37.6 Å². The van der Waals surface area contributed by atoms with Crippen LogP contribution in [0.5, 0.6) is 0 Å². The summed E-state index contributed by atoms with van der Waals surface area (Å²) in [6.45, 7) is 1.00. The molecule has 0 saturated carbocycles. The second-order valence-electron chi connectivity index (χ2n) is 6.08. The van der Waals surface area contributed by atoms with E-state index in [1.807, 2.05) is 30.3 Å². The molecule has 0 radical (unpaired) electrons. The van der Waals surface area contributed by atoms with Gasteiger partial charge in [0.2, 0.25) is 11.6 Å². The highest BCUT2D eigenvalue weighted by Crippen LogP contribution is 2.43. The van der Waals surface area contributed by atoms with E-state index in [2.05, 4.69) is 5.32 Å². The normalized spacial score (nSPS) is 34.6. The van der Waals surface area contributed by atoms with Gasteiger partial charge >= 0.3 is 0 Å². The van der Waals surface area contributed by atoms with E-state index in [-0.39, 0.29) is 23.8 Å². The van der Waals surface area contributed by atoms with E-state index in [4.69, 9.17) is 4.74 Å². The quantitative estimate of drug-likeness (QED) is 0.884. The summed E-state index contributed by atoms with van der Waals surface area (Å²) in [6, 6.07) is 9.43. The van der Waals surface area contributed by atoms with Crippen LogP contribution in [0.15, 0.2) is 30.3 Å². The number of hydrogen-bond acceptors (Lipinski definition) is 3. The van der Waals surface area contributed by atoms with Crippen molar-refractivity contribution in [3.05, 3.63) is 35.9 Å². The number of piperidine rings is 2. The highest BCUT2D eigenvalue weighted by atomic mass is 16.5. The molecule has 4 aliphatic rings. The van der Waals surface area contributed by atoms with E-state index in [1.54, 1.807) is 4.90 Å². The van der Waals surface area contributed by atoms with Gasteiger partial charge in [0, 0.05) is 12.5 Å². The van der Waals surface area contributed by atoms with Crippen LogP contribution >= 0.6 is 0 Å². The molecular weight excluding hydrogens is 268 g/mol. The Morgan fingerprint density at radius 2 is 2.10 bits per heavy atom. The first kappa shape index (κ1) is 12.8. The minimum absolute atomic E-state index is 0.0769. The van der Waals surface area contributed by atoms with Crippen LogP contribution in [0.25, 0.3) is 0 Å². The van der Waals surface area contributed by atoms with Gasteiger partial charge in [0.25, 0.3) is 5.91 Å². The van der Waals surface area contributed by atoms with E-state index in [0.717, 1.165) is 18.4 Å². The molecule has 4 aliphatic heterocycles. The molecule has 1 spiro atoms. The maximum Gasteiger partial charge on any atom is 0.277 e. The number of carbonyl (C=O) groups excluding carboxylic acids is 2. The highest BCUT2D eigenvalue weighted by molar-refractivity contribution is 6.00. The van der Waals surface area contributed by atoms with Crippen LogP contribution in [-0.2, 0) is 20.9 Å². The van der Waals surface area contributed by atoms with Crippen LogP contribution < -0.4 is 5.32 Å². The zero-order valence-electron chi connectivity index (χ0n) is 11.7. The monoisotopic (exact) mass is 286 g/mol. The first-order valence-corrected chi connectivity index (χ1v) is 7.52. The summed E-state index contributed by atoms with van der Waals surface area (Å²) in [7, 11) is 0. The second kappa shape index (κ2) is 4.56. The van der Waals surface area contributed by atoms with Crippen molar-refractivity contribution in [2.75, 3.05) is 6.61 Å². The molecular formula is C16H18N2O3. The lowest BCUT2D eigenvalue weighted by atomic mass is 9.74. The molecule has 2 amide bonds. The van der Waals surface area contributed by atoms with Gasteiger partial charge in [0.15, 0.2) is 0 Å². The minimum atomic E-state index is -1.10. The maximum atomic E-state index is 12.9. The molecule has 1 aromatic rings. The highest BCUT2D eigenvalue weighted by Gasteiger charge is 2.62. The Labute approximate surface area is 123 Å². The van der Waals surface area contributed by atoms with Crippen molar-refractivity contribution in [1.82, 2.24) is 10.2 Å². The van der Waals surface area contributed by atoms with Crippen LogP contribution in [0.1, 0.15) is 24.8 Å². The Hall–Kier alpha value is -1.88. The van der Waals surface area contributed by atoms with Gasteiger partial charge in [-0.2, -0.15) is 0 Å². The maximum absolute atomic E-state index is 12.9. The van der Waals surface area contributed by atoms with Crippen molar-refractivity contribution in [3.63, 3.8) is 0 Å². The first-order valence-electron chi connectivity index (χ1n) is 7.52. The molecule has 5 heteroatoms. The summed E-state index contributed by atoms with van der Waals surface area (Å²) in [5.74, 6) is -0.0379. The first-order chi connectivity index (χ1) is 10.2. The standard InChI is InChI=1S/C16H18N2O3/c19-14-13-9-12-7-4-8-21-16(12,17-14)15(20)18(13)10-11-5-2-1-3-6-11/h1-3,5-6,12-13H,4,7-10H2,(H,17,19)/t12-,13-,16+/m1/s1. The van der Waals surface area contributed by atoms with Crippen molar-refractivity contribution in [2.24, 2.45) is 5.92 Å². The van der Waals surface area contributed by atoms with Crippen molar-refractivity contribution in [3.8, 4) is 0 Å². The van der Waals surface area contributed by atoms with E-state index < -0.39 is 5.72 Å². The van der Waals surface area contributed by atoms with Gasteiger partial charge in [-0.3, -0.25) is 9.59 Å². The number of piperazine rings is 1. The molecule has 4 heterocycles. The zero-order chi connectivity index (χ0) is 14.4. The van der Waals surface area contributed by atoms with Crippen LogP contribution in [-0.4, -0.2) is 35.1 Å². The molecule has 4 saturated heterocycles. The average Bonchev–Trinajstić information content (AvgIpc) is 2.51. The number of nitrogens with zero attached hydrogens (tertiary/aromatic N) is 1. The molecule has 1 N–H and O–H groups in total. The van der Waals surface area contributed by atoms with Gasteiger partial charge in [-0.05, 0) is 24.8 Å². The van der Waals surface area contributed by atoms with Gasteiger partial charge in [0.05, 0.1) is 6.61 Å². The molecule has 3 atom stereocenters. The Morgan fingerprint density at radius 1 is 1.29 bits per heavy atom. The molecule has 4 fully saturated rings. The van der Waals surface area contributed by atoms with Gasteiger partial charge < -0.3 is 15.0 Å². The number of rotatable bonds is 2. The Kier molecular flexibility index (Phi) is 2.79. The van der Waals surface area contributed by atoms with Crippen LogP contribution in [0.2, 0.25) is 0 Å². The molecule has 110 valence electrons. The minimum Gasteiger partial charge on any atom is -0.347 e. The fraction of sp³-hybridized carbons (Fsp3) is 0.500. The molecule has 21 heavy (non-hydrogen) atoms. The van der Waals surface area contributed by atoms with Gasteiger partial charge in [-0.1, -0.05) is 30.3 Å². The number of nitrogens with one attached hydrogen (secondary N) is 1. The predicted octanol–water partition coefficient (Wildman–Crippen LogP) is 1.04. The molecule has 0 aliphatic carbocycles.